The van der Waals surface area contributed by atoms with Crippen molar-refractivity contribution in [2.24, 2.45) is 0 Å². The predicted molar refractivity (Wildman–Crippen MR) is 190 cm³/mol. The van der Waals surface area contributed by atoms with Crippen LogP contribution in [0.4, 0.5) is 0 Å². The van der Waals surface area contributed by atoms with Crippen LogP contribution in [0.25, 0.3) is 0 Å². The van der Waals surface area contributed by atoms with Gasteiger partial charge in [0.05, 0.1) is 18.6 Å². The number of aliphatic hydroxyl groups is 1. The first kappa shape index (κ1) is 39.2. The van der Waals surface area contributed by atoms with Crippen molar-refractivity contribution in [2.45, 2.75) is 116 Å². The molecular formula is C37H57NO7PS+. The minimum Gasteiger partial charge on any atom is -0.491 e. The molecule has 0 fully saturated rings. The highest BCUT2D eigenvalue weighted by Crippen LogP contribution is 2.30. The van der Waals surface area contributed by atoms with E-state index in [-0.39, 0.29) is 19.1 Å². The van der Waals surface area contributed by atoms with Crippen molar-refractivity contribution in [3.8, 4) is 11.5 Å². The molecule has 47 heavy (non-hydrogen) atoms. The summed E-state index contributed by atoms with van der Waals surface area (Å²) in [7, 11) is -1.32. The van der Waals surface area contributed by atoms with Gasteiger partial charge in [0.25, 0.3) is 0 Å². The van der Waals surface area contributed by atoms with Crippen LogP contribution in [-0.2, 0) is 31.5 Å². The van der Waals surface area contributed by atoms with Gasteiger partial charge in [-0.25, -0.2) is 4.57 Å². The van der Waals surface area contributed by atoms with E-state index in [1.165, 1.54) is 82.6 Å². The van der Waals surface area contributed by atoms with Crippen LogP contribution in [0.15, 0.2) is 65.6 Å². The number of rotatable bonds is 28. The van der Waals surface area contributed by atoms with Gasteiger partial charge in [-0.2, -0.15) is 4.57 Å². The van der Waals surface area contributed by atoms with Crippen molar-refractivity contribution in [1.82, 2.24) is 0 Å². The number of aromatic nitrogens is 1. The molecular weight excluding hydrogens is 633 g/mol. The number of ether oxygens (including phenoxy) is 3. The molecule has 0 saturated carbocycles. The van der Waals surface area contributed by atoms with Crippen LogP contribution in [0.3, 0.4) is 0 Å². The Kier molecular flexibility index (Phi) is 20.7. The number of thiazole rings is 1. The summed E-state index contributed by atoms with van der Waals surface area (Å²) < 4.78 is 42.2. The maximum absolute atomic E-state index is 12.3. The lowest BCUT2D eigenvalue weighted by atomic mass is 10.0. The number of methoxy groups -OCH3 is 1. The van der Waals surface area contributed by atoms with Crippen molar-refractivity contribution in [1.29, 1.82) is 0 Å². The zero-order chi connectivity index (χ0) is 33.4. The molecule has 0 saturated heterocycles. The molecule has 3 aromatic rings. The quantitative estimate of drug-likeness (QED) is 0.0352. The highest BCUT2D eigenvalue weighted by atomic mass is 32.1. The van der Waals surface area contributed by atoms with Gasteiger partial charge in [0.15, 0.2) is 19.0 Å². The molecule has 3 atom stereocenters. The smallest absolute Gasteiger partial charge is 0.370 e. The maximum Gasteiger partial charge on any atom is 0.370 e. The Balaban J connectivity index is 1.22. The van der Waals surface area contributed by atoms with E-state index in [1.807, 2.05) is 52.0 Å². The number of unbranched alkanes of at least 4 members (excludes halogenated alkanes) is 11. The fourth-order valence-electron chi connectivity index (χ4n) is 5.29. The Morgan fingerprint density at radius 2 is 1.51 bits per heavy atom. The van der Waals surface area contributed by atoms with E-state index in [4.69, 9.17) is 23.3 Å². The summed E-state index contributed by atoms with van der Waals surface area (Å²) in [6, 6.07) is 15.6. The van der Waals surface area contributed by atoms with Gasteiger partial charge < -0.3 is 23.8 Å². The number of aryl methyl sites for hydroxylation is 1. The molecule has 8 nitrogen and oxygen atoms in total. The van der Waals surface area contributed by atoms with Gasteiger partial charge in [-0.05, 0) is 42.7 Å². The van der Waals surface area contributed by atoms with E-state index >= 15 is 0 Å². The minimum atomic E-state index is -2.94. The van der Waals surface area contributed by atoms with Gasteiger partial charge in [0.2, 0.25) is 5.51 Å². The Morgan fingerprint density at radius 3 is 2.19 bits per heavy atom. The van der Waals surface area contributed by atoms with Crippen LogP contribution in [0.1, 0.15) is 102 Å². The fraction of sp³-hybridized carbons (Fsp3) is 0.595. The third-order valence-corrected chi connectivity index (χ3v) is 9.56. The first-order valence-electron chi connectivity index (χ1n) is 17.4. The fourth-order valence-corrected chi connectivity index (χ4v) is 6.60. The summed E-state index contributed by atoms with van der Waals surface area (Å²) in [5, 5.41) is 12.2. The lowest BCUT2D eigenvalue weighted by Gasteiger charge is -2.18. The van der Waals surface area contributed by atoms with Crippen LogP contribution in [-0.4, -0.2) is 44.4 Å². The molecule has 3 rings (SSSR count). The summed E-state index contributed by atoms with van der Waals surface area (Å²) in [6.07, 6.45) is 17.9. The molecule has 0 radical (unpaired) electrons. The van der Waals surface area contributed by atoms with Crippen LogP contribution in [0.2, 0.25) is 0 Å². The summed E-state index contributed by atoms with van der Waals surface area (Å²) >= 11 is 1.61. The monoisotopic (exact) mass is 690 g/mol. The lowest BCUT2D eigenvalue weighted by molar-refractivity contribution is -0.683. The van der Waals surface area contributed by atoms with Gasteiger partial charge in [-0.15, -0.1) is 0 Å². The number of hydrogen-bond donors (Lipinski definition) is 1. The first-order valence-corrected chi connectivity index (χ1v) is 19.6. The molecule has 10 heteroatoms. The molecule has 2 aromatic carbocycles. The van der Waals surface area contributed by atoms with Crippen molar-refractivity contribution in [3.63, 3.8) is 0 Å². The van der Waals surface area contributed by atoms with Crippen LogP contribution < -0.4 is 13.8 Å². The number of hydrogen-bond acceptors (Lipinski definition) is 8. The molecule has 3 unspecified atom stereocenters. The van der Waals surface area contributed by atoms with Crippen molar-refractivity contribution >= 4 is 19.6 Å². The second kappa shape index (κ2) is 24.8. The maximum atomic E-state index is 12.3. The third kappa shape index (κ3) is 18.2. The summed E-state index contributed by atoms with van der Waals surface area (Å²) in [5.74, 6) is 1.26. The molecule has 0 aliphatic carbocycles. The average molecular weight is 691 g/mol. The zero-order valence-electron chi connectivity index (χ0n) is 28.5. The van der Waals surface area contributed by atoms with Crippen molar-refractivity contribution < 1.29 is 37.5 Å². The minimum absolute atomic E-state index is 0.146. The SMILES string of the molecule is CCCCCCCCCCCCCCc1cccc(OCC(COCCC(O)O[PH](=O)Oc2cccc(C[n+]3ccsc3)c2)OC)c1. The molecule has 1 heterocycles. The average Bonchev–Trinajstić information content (AvgIpc) is 3.58. The summed E-state index contributed by atoms with van der Waals surface area (Å²) in [4.78, 5) is 0. The van der Waals surface area contributed by atoms with E-state index in [0.29, 0.717) is 25.5 Å². The number of aliphatic hydroxyl groups excluding tert-OH is 1. The highest BCUT2D eigenvalue weighted by molar-refractivity contribution is 7.33. The van der Waals surface area contributed by atoms with Crippen LogP contribution in [0, 0.1) is 0 Å². The Morgan fingerprint density at radius 1 is 0.851 bits per heavy atom. The van der Waals surface area contributed by atoms with Gasteiger partial charge in [-0.1, -0.05) is 113 Å². The molecule has 0 amide bonds. The third-order valence-electron chi connectivity index (χ3n) is 8.02. The lowest BCUT2D eigenvalue weighted by Crippen LogP contribution is -2.30. The first-order chi connectivity index (χ1) is 23.1. The van der Waals surface area contributed by atoms with Crippen LogP contribution in [0.5, 0.6) is 11.5 Å². The van der Waals surface area contributed by atoms with Crippen LogP contribution >= 0.6 is 19.6 Å². The number of benzene rings is 2. The van der Waals surface area contributed by atoms with Crippen molar-refractivity contribution in [2.75, 3.05) is 26.9 Å². The van der Waals surface area contributed by atoms with E-state index in [0.717, 1.165) is 17.7 Å². The van der Waals surface area contributed by atoms with Gasteiger partial charge in [0.1, 0.15) is 24.2 Å². The molecule has 0 spiro atoms. The molecule has 0 aliphatic rings. The van der Waals surface area contributed by atoms with E-state index in [2.05, 4.69) is 19.1 Å². The van der Waals surface area contributed by atoms with E-state index in [9.17, 15) is 9.67 Å². The molecule has 0 aliphatic heterocycles. The van der Waals surface area contributed by atoms with Gasteiger partial charge >= 0.3 is 8.25 Å². The molecule has 0 bridgehead atoms. The van der Waals surface area contributed by atoms with E-state index in [1.54, 1.807) is 24.5 Å². The summed E-state index contributed by atoms with van der Waals surface area (Å²) in [6.45, 7) is 3.81. The second-order valence-corrected chi connectivity index (χ2v) is 13.8. The molecule has 1 aromatic heterocycles. The Labute approximate surface area is 287 Å². The number of nitrogens with zero attached hydrogens (tertiary/aromatic N) is 1. The predicted octanol–water partition coefficient (Wildman–Crippen LogP) is 8.93. The summed E-state index contributed by atoms with van der Waals surface area (Å²) in [5.41, 5.74) is 4.32. The normalized spacial score (nSPS) is 13.3. The second-order valence-electron chi connectivity index (χ2n) is 12.1. The Hall–Kier alpha value is -2.26. The highest BCUT2D eigenvalue weighted by Gasteiger charge is 2.14. The Bertz CT molecular complexity index is 1230. The topological polar surface area (TPSA) is 87.3 Å². The molecule has 262 valence electrons. The van der Waals surface area contributed by atoms with Gasteiger partial charge in [-0.3, -0.25) is 4.52 Å². The largest absolute Gasteiger partial charge is 0.491 e. The zero-order valence-corrected chi connectivity index (χ0v) is 30.3. The van der Waals surface area contributed by atoms with E-state index < -0.39 is 14.5 Å². The van der Waals surface area contributed by atoms with Crippen molar-refractivity contribution in [3.05, 3.63) is 76.7 Å². The van der Waals surface area contributed by atoms with Gasteiger partial charge in [0, 0.05) is 19.1 Å². The standard InChI is InChI=1S/C37H57NO7PS/c1-3-4-5-6-7-8-9-10-11-12-13-14-17-32-18-15-20-34(26-32)43-30-36(41-2)29-42-24-22-37(39)45-46(40)44-35-21-16-19-33(27-35)28-38-23-25-47-31-38/h15-16,18-21,23,25-27,31,36-37,39,46H,3-14,17,22,24,28-30H2,1-2H3/q+1. The molecule has 1 N–H and O–H groups in total.